The summed E-state index contributed by atoms with van der Waals surface area (Å²) in [6.45, 7) is 8.20. The normalized spacial score (nSPS) is 11.2. The lowest BCUT2D eigenvalue weighted by Gasteiger charge is -2.08. The number of aryl methyl sites for hydroxylation is 2. The summed E-state index contributed by atoms with van der Waals surface area (Å²) >= 11 is 0. The number of ether oxygens (including phenoxy) is 1. The van der Waals surface area contributed by atoms with Crippen LogP contribution in [0.2, 0.25) is 0 Å². The average Bonchev–Trinajstić information content (AvgIpc) is 2.63. The van der Waals surface area contributed by atoms with Crippen molar-refractivity contribution >= 4 is 16.9 Å². The van der Waals surface area contributed by atoms with Crippen molar-refractivity contribution in [3.05, 3.63) is 17.6 Å². The molecular formula is C12H18N4O. The van der Waals surface area contributed by atoms with Gasteiger partial charge in [0.25, 0.3) is 0 Å². The van der Waals surface area contributed by atoms with E-state index in [2.05, 4.69) is 14.5 Å². The first-order chi connectivity index (χ1) is 8.15. The van der Waals surface area contributed by atoms with Gasteiger partial charge in [0, 0.05) is 19.3 Å². The summed E-state index contributed by atoms with van der Waals surface area (Å²) in [4.78, 5) is 8.60. The fourth-order valence-electron chi connectivity index (χ4n) is 2.01. The van der Waals surface area contributed by atoms with Crippen LogP contribution >= 0.6 is 0 Å². The lowest BCUT2D eigenvalue weighted by molar-refractivity contribution is 0.139. The Labute approximate surface area is 101 Å². The van der Waals surface area contributed by atoms with Crippen molar-refractivity contribution in [2.75, 3.05) is 18.9 Å². The molecule has 92 valence electrons. The zero-order valence-corrected chi connectivity index (χ0v) is 10.5. The molecule has 0 radical (unpaired) electrons. The van der Waals surface area contributed by atoms with E-state index in [1.165, 1.54) is 0 Å². The zero-order valence-electron chi connectivity index (χ0n) is 10.5. The van der Waals surface area contributed by atoms with Gasteiger partial charge in [-0.25, -0.2) is 9.97 Å². The van der Waals surface area contributed by atoms with E-state index in [1.807, 2.05) is 20.8 Å². The molecule has 0 fully saturated rings. The number of nitrogens with zero attached hydrogens (tertiary/aromatic N) is 3. The topological polar surface area (TPSA) is 66.0 Å². The van der Waals surface area contributed by atoms with Crippen LogP contribution < -0.4 is 5.73 Å². The van der Waals surface area contributed by atoms with Crippen LogP contribution in [0.4, 0.5) is 5.82 Å². The molecular weight excluding hydrogens is 216 g/mol. The third-order valence-corrected chi connectivity index (χ3v) is 2.84. The Hall–Kier alpha value is -1.62. The van der Waals surface area contributed by atoms with Gasteiger partial charge >= 0.3 is 0 Å². The number of rotatable bonds is 4. The molecule has 2 heterocycles. The van der Waals surface area contributed by atoms with E-state index in [0.29, 0.717) is 12.4 Å². The van der Waals surface area contributed by atoms with Gasteiger partial charge in [-0.1, -0.05) is 0 Å². The minimum atomic E-state index is 0.490. The third-order valence-electron chi connectivity index (χ3n) is 2.84. The fraction of sp³-hybridized carbons (Fsp3) is 0.500. The quantitative estimate of drug-likeness (QED) is 0.817. The SMILES string of the molecule is CCOCCn1c(C)nc2c(N)ncc(C)c21. The van der Waals surface area contributed by atoms with Crippen LogP contribution in [0.5, 0.6) is 0 Å². The highest BCUT2D eigenvalue weighted by atomic mass is 16.5. The number of pyridine rings is 1. The first kappa shape index (κ1) is 11.9. The van der Waals surface area contributed by atoms with E-state index >= 15 is 0 Å². The van der Waals surface area contributed by atoms with E-state index in [1.54, 1.807) is 6.20 Å². The molecule has 0 aliphatic rings. The lowest BCUT2D eigenvalue weighted by atomic mass is 10.2. The summed E-state index contributed by atoms with van der Waals surface area (Å²) in [6, 6.07) is 0. The molecule has 2 rings (SSSR count). The molecule has 17 heavy (non-hydrogen) atoms. The van der Waals surface area contributed by atoms with Crippen molar-refractivity contribution in [2.45, 2.75) is 27.3 Å². The fourth-order valence-corrected chi connectivity index (χ4v) is 2.01. The van der Waals surface area contributed by atoms with Crippen LogP contribution in [0.1, 0.15) is 18.3 Å². The van der Waals surface area contributed by atoms with E-state index in [0.717, 1.165) is 35.6 Å². The molecule has 0 bridgehead atoms. The molecule has 0 aliphatic heterocycles. The van der Waals surface area contributed by atoms with Crippen molar-refractivity contribution < 1.29 is 4.74 Å². The molecule has 0 aromatic carbocycles. The predicted octanol–water partition coefficient (Wildman–Crippen LogP) is 1.67. The van der Waals surface area contributed by atoms with Crippen molar-refractivity contribution in [2.24, 2.45) is 0 Å². The zero-order chi connectivity index (χ0) is 12.4. The number of aromatic nitrogens is 3. The van der Waals surface area contributed by atoms with Crippen molar-refractivity contribution in [1.29, 1.82) is 0 Å². The van der Waals surface area contributed by atoms with Crippen LogP contribution in [0.3, 0.4) is 0 Å². The summed E-state index contributed by atoms with van der Waals surface area (Å²) in [5.74, 6) is 1.44. The molecule has 2 N–H and O–H groups in total. The second kappa shape index (κ2) is 4.71. The molecule has 0 aliphatic carbocycles. The molecule has 2 aromatic heterocycles. The van der Waals surface area contributed by atoms with E-state index < -0.39 is 0 Å². The minimum absolute atomic E-state index is 0.490. The Bertz CT molecular complexity index is 533. The van der Waals surface area contributed by atoms with Gasteiger partial charge in [-0.15, -0.1) is 0 Å². The smallest absolute Gasteiger partial charge is 0.151 e. The third kappa shape index (κ3) is 2.10. The number of nitrogen functional groups attached to an aromatic ring is 1. The molecule has 0 saturated heterocycles. The van der Waals surface area contributed by atoms with Gasteiger partial charge in [0.15, 0.2) is 5.82 Å². The van der Waals surface area contributed by atoms with E-state index in [9.17, 15) is 0 Å². The Kier molecular flexibility index (Phi) is 3.28. The highest BCUT2D eigenvalue weighted by molar-refractivity contribution is 5.87. The number of hydrogen-bond donors (Lipinski definition) is 1. The van der Waals surface area contributed by atoms with Gasteiger partial charge in [0.1, 0.15) is 11.3 Å². The minimum Gasteiger partial charge on any atom is -0.382 e. The van der Waals surface area contributed by atoms with Crippen LogP contribution in [-0.2, 0) is 11.3 Å². The Morgan fingerprint density at radius 2 is 2.18 bits per heavy atom. The average molecular weight is 234 g/mol. The molecule has 0 saturated carbocycles. The van der Waals surface area contributed by atoms with Gasteiger partial charge < -0.3 is 15.0 Å². The number of hydrogen-bond acceptors (Lipinski definition) is 4. The first-order valence-corrected chi connectivity index (χ1v) is 5.80. The number of imidazole rings is 1. The van der Waals surface area contributed by atoms with Crippen molar-refractivity contribution in [3.8, 4) is 0 Å². The summed E-state index contributed by atoms with van der Waals surface area (Å²) < 4.78 is 7.52. The summed E-state index contributed by atoms with van der Waals surface area (Å²) in [5, 5.41) is 0. The molecule has 5 nitrogen and oxygen atoms in total. The maximum atomic E-state index is 5.84. The van der Waals surface area contributed by atoms with Crippen molar-refractivity contribution in [1.82, 2.24) is 14.5 Å². The van der Waals surface area contributed by atoms with Crippen LogP contribution in [-0.4, -0.2) is 27.7 Å². The van der Waals surface area contributed by atoms with Gasteiger partial charge in [-0.2, -0.15) is 0 Å². The highest BCUT2D eigenvalue weighted by Crippen LogP contribution is 2.22. The summed E-state index contributed by atoms with van der Waals surface area (Å²) in [5.41, 5.74) is 8.79. The van der Waals surface area contributed by atoms with Gasteiger partial charge in [-0.3, -0.25) is 0 Å². The molecule has 2 aromatic rings. The van der Waals surface area contributed by atoms with E-state index in [4.69, 9.17) is 10.5 Å². The van der Waals surface area contributed by atoms with Gasteiger partial charge in [-0.05, 0) is 26.3 Å². The van der Waals surface area contributed by atoms with Crippen LogP contribution in [0.25, 0.3) is 11.0 Å². The number of anilines is 1. The highest BCUT2D eigenvalue weighted by Gasteiger charge is 2.12. The monoisotopic (exact) mass is 234 g/mol. The van der Waals surface area contributed by atoms with Gasteiger partial charge in [0.05, 0.1) is 12.1 Å². The molecule has 0 spiro atoms. The predicted molar refractivity (Wildman–Crippen MR) is 67.9 cm³/mol. The lowest BCUT2D eigenvalue weighted by Crippen LogP contribution is -2.08. The Balaban J connectivity index is 2.47. The number of nitrogens with two attached hydrogens (primary N) is 1. The summed E-state index contributed by atoms with van der Waals surface area (Å²) in [7, 11) is 0. The van der Waals surface area contributed by atoms with Crippen LogP contribution in [0.15, 0.2) is 6.20 Å². The summed E-state index contributed by atoms with van der Waals surface area (Å²) in [6.07, 6.45) is 1.79. The second-order valence-corrected chi connectivity index (χ2v) is 4.03. The van der Waals surface area contributed by atoms with E-state index in [-0.39, 0.29) is 0 Å². The molecule has 5 heteroatoms. The standard InChI is InChI=1S/C12H18N4O/c1-4-17-6-5-16-9(3)15-10-11(16)8(2)7-14-12(10)13/h7H,4-6H2,1-3H3,(H2,13,14). The maximum Gasteiger partial charge on any atom is 0.151 e. The molecule has 0 unspecified atom stereocenters. The Morgan fingerprint density at radius 3 is 2.88 bits per heavy atom. The first-order valence-electron chi connectivity index (χ1n) is 5.80. The van der Waals surface area contributed by atoms with Gasteiger partial charge in [0.2, 0.25) is 0 Å². The largest absolute Gasteiger partial charge is 0.382 e. The van der Waals surface area contributed by atoms with Crippen molar-refractivity contribution in [3.63, 3.8) is 0 Å². The molecule has 0 amide bonds. The Morgan fingerprint density at radius 1 is 1.41 bits per heavy atom. The molecule has 0 atom stereocenters. The number of fused-ring (bicyclic) bond motifs is 1. The second-order valence-electron chi connectivity index (χ2n) is 4.03. The van der Waals surface area contributed by atoms with Crippen LogP contribution in [0, 0.1) is 13.8 Å². The maximum absolute atomic E-state index is 5.84.